The Morgan fingerprint density at radius 3 is 2.63 bits per heavy atom. The second-order valence-corrected chi connectivity index (χ2v) is 6.21. The van der Waals surface area contributed by atoms with E-state index in [1.165, 1.54) is 0 Å². The predicted molar refractivity (Wildman–Crippen MR) is 76.9 cm³/mol. The molecule has 0 saturated heterocycles. The molecule has 6 heteroatoms. The maximum Gasteiger partial charge on any atom is 0.340 e. The number of nitrogens with zero attached hydrogens (tertiary/aromatic N) is 2. The first-order valence-corrected chi connectivity index (χ1v) is 6.97. The lowest BCUT2D eigenvalue weighted by Gasteiger charge is -2.13. The molecule has 1 aromatic rings. The predicted octanol–water partition coefficient (Wildman–Crippen LogP) is 2.40. The summed E-state index contributed by atoms with van der Waals surface area (Å²) in [6.07, 6.45) is 1.61. The highest BCUT2D eigenvalue weighted by atomic mass is 32.2. The molecule has 104 valence electrons. The van der Waals surface area contributed by atoms with Crippen molar-refractivity contribution >= 4 is 23.6 Å². The summed E-state index contributed by atoms with van der Waals surface area (Å²) in [4.78, 5) is 20.6. The third kappa shape index (κ3) is 4.90. The molecule has 0 unspecified atom stereocenters. The molecule has 19 heavy (non-hydrogen) atoms. The summed E-state index contributed by atoms with van der Waals surface area (Å²) in [5.74, 6) is 0.666. The summed E-state index contributed by atoms with van der Waals surface area (Å²) in [6, 6.07) is 3.66. The Labute approximate surface area is 117 Å². The average Bonchev–Trinajstić information content (AvgIpc) is 2.35. The molecule has 0 amide bonds. The van der Waals surface area contributed by atoms with Gasteiger partial charge in [0.05, 0.1) is 10.4 Å². The lowest BCUT2D eigenvalue weighted by Crippen LogP contribution is -2.23. The highest BCUT2D eigenvalue weighted by Gasteiger charge is 2.23. The van der Waals surface area contributed by atoms with Crippen LogP contribution in [0.15, 0.2) is 28.5 Å². The van der Waals surface area contributed by atoms with Crippen molar-refractivity contribution in [3.05, 3.63) is 23.9 Å². The summed E-state index contributed by atoms with van der Waals surface area (Å²) < 4.78 is 0. The molecule has 0 aliphatic carbocycles. The van der Waals surface area contributed by atoms with Crippen LogP contribution in [0.1, 0.15) is 33.3 Å². The zero-order chi connectivity index (χ0) is 14.5. The van der Waals surface area contributed by atoms with Gasteiger partial charge in [-0.1, -0.05) is 12.1 Å². The number of pyridine rings is 1. The molecule has 1 aromatic heterocycles. The fourth-order valence-electron chi connectivity index (χ4n) is 1.05. The Kier molecular flexibility index (Phi) is 5.35. The molecular weight excluding hydrogens is 262 g/mol. The van der Waals surface area contributed by atoms with Gasteiger partial charge in [-0.15, -0.1) is 11.8 Å². The van der Waals surface area contributed by atoms with Crippen LogP contribution in [-0.4, -0.2) is 22.5 Å². The highest BCUT2D eigenvalue weighted by molar-refractivity contribution is 7.99. The standard InChI is InChI=1S/C13H19N3O2S/c1-5-19-10-7-6-9(8-15-10)11(14)16-18-12(17)13(2,3)4/h6-8H,5H2,1-4H3,(H2,14,16). The Hall–Kier alpha value is -1.56. The molecule has 0 bridgehead atoms. The lowest BCUT2D eigenvalue weighted by molar-refractivity contribution is -0.152. The van der Waals surface area contributed by atoms with E-state index in [-0.39, 0.29) is 5.84 Å². The first-order chi connectivity index (χ1) is 8.84. The third-order valence-corrected chi connectivity index (χ3v) is 2.99. The largest absolute Gasteiger partial charge is 0.380 e. The Morgan fingerprint density at radius 2 is 2.16 bits per heavy atom. The fraction of sp³-hybridized carbons (Fsp3) is 0.462. The van der Waals surface area contributed by atoms with Crippen LogP contribution in [0.2, 0.25) is 0 Å². The van der Waals surface area contributed by atoms with Crippen molar-refractivity contribution in [2.24, 2.45) is 16.3 Å². The number of carbonyl (C=O) groups is 1. The maximum atomic E-state index is 11.5. The van der Waals surface area contributed by atoms with Crippen LogP contribution in [0.3, 0.4) is 0 Å². The van der Waals surface area contributed by atoms with Crippen LogP contribution in [0.25, 0.3) is 0 Å². The number of amidine groups is 1. The van der Waals surface area contributed by atoms with Crippen molar-refractivity contribution in [2.75, 3.05) is 5.75 Å². The van der Waals surface area contributed by atoms with Gasteiger partial charge in [0.1, 0.15) is 0 Å². The first-order valence-electron chi connectivity index (χ1n) is 5.98. The number of rotatable bonds is 4. The molecule has 0 atom stereocenters. The van der Waals surface area contributed by atoms with Crippen molar-refractivity contribution in [1.29, 1.82) is 0 Å². The van der Waals surface area contributed by atoms with E-state index in [0.717, 1.165) is 10.8 Å². The molecule has 5 nitrogen and oxygen atoms in total. The van der Waals surface area contributed by atoms with E-state index in [2.05, 4.69) is 17.1 Å². The second kappa shape index (κ2) is 6.56. The molecule has 1 rings (SSSR count). The van der Waals surface area contributed by atoms with Crippen molar-refractivity contribution in [1.82, 2.24) is 4.98 Å². The van der Waals surface area contributed by atoms with Crippen molar-refractivity contribution < 1.29 is 9.63 Å². The minimum absolute atomic E-state index is 0.137. The number of hydrogen-bond donors (Lipinski definition) is 1. The van der Waals surface area contributed by atoms with E-state index in [1.807, 2.05) is 6.07 Å². The molecule has 0 aliphatic rings. The van der Waals surface area contributed by atoms with Crippen molar-refractivity contribution in [3.8, 4) is 0 Å². The lowest BCUT2D eigenvalue weighted by atomic mass is 9.98. The molecule has 2 N–H and O–H groups in total. The summed E-state index contributed by atoms with van der Waals surface area (Å²) in [7, 11) is 0. The molecular formula is C13H19N3O2S. The monoisotopic (exact) mass is 281 g/mol. The Bertz CT molecular complexity index is 464. The summed E-state index contributed by atoms with van der Waals surface area (Å²) in [5.41, 5.74) is 5.76. The van der Waals surface area contributed by atoms with Crippen LogP contribution in [0.4, 0.5) is 0 Å². The zero-order valence-electron chi connectivity index (χ0n) is 11.6. The van der Waals surface area contributed by atoms with Crippen LogP contribution in [0.5, 0.6) is 0 Å². The number of nitrogens with two attached hydrogens (primary N) is 1. The smallest absolute Gasteiger partial charge is 0.340 e. The Balaban J connectivity index is 2.71. The molecule has 0 saturated carbocycles. The fourth-order valence-corrected chi connectivity index (χ4v) is 1.63. The summed E-state index contributed by atoms with van der Waals surface area (Å²) in [6.45, 7) is 7.31. The van der Waals surface area contributed by atoms with Crippen molar-refractivity contribution in [2.45, 2.75) is 32.7 Å². The number of oxime groups is 1. The van der Waals surface area contributed by atoms with Gasteiger partial charge in [0.25, 0.3) is 0 Å². The third-order valence-electron chi connectivity index (χ3n) is 2.16. The molecule has 0 aromatic carbocycles. The summed E-state index contributed by atoms with van der Waals surface area (Å²) in [5, 5.41) is 4.56. The first kappa shape index (κ1) is 15.5. The van der Waals surface area contributed by atoms with E-state index in [1.54, 1.807) is 44.8 Å². The zero-order valence-corrected chi connectivity index (χ0v) is 12.5. The quantitative estimate of drug-likeness (QED) is 0.301. The molecule has 0 aliphatic heterocycles. The minimum atomic E-state index is -0.607. The summed E-state index contributed by atoms with van der Waals surface area (Å²) >= 11 is 1.64. The van der Waals surface area contributed by atoms with Crippen LogP contribution >= 0.6 is 11.8 Å². The number of thioether (sulfide) groups is 1. The van der Waals surface area contributed by atoms with Gasteiger partial charge in [0, 0.05) is 11.8 Å². The van der Waals surface area contributed by atoms with Gasteiger partial charge in [-0.05, 0) is 38.7 Å². The van der Waals surface area contributed by atoms with Gasteiger partial charge in [-0.3, -0.25) is 0 Å². The van der Waals surface area contributed by atoms with Crippen LogP contribution in [0, 0.1) is 5.41 Å². The molecule has 1 heterocycles. The van der Waals surface area contributed by atoms with E-state index < -0.39 is 11.4 Å². The minimum Gasteiger partial charge on any atom is -0.380 e. The van der Waals surface area contributed by atoms with Gasteiger partial charge in [-0.25, -0.2) is 9.78 Å². The Morgan fingerprint density at radius 1 is 1.47 bits per heavy atom. The second-order valence-electron chi connectivity index (χ2n) is 4.92. The van der Waals surface area contributed by atoms with Gasteiger partial charge in [0.15, 0.2) is 5.84 Å². The molecule has 0 radical (unpaired) electrons. The van der Waals surface area contributed by atoms with Gasteiger partial charge >= 0.3 is 5.97 Å². The van der Waals surface area contributed by atoms with Crippen LogP contribution < -0.4 is 5.73 Å². The maximum absolute atomic E-state index is 11.5. The number of hydrogen-bond acceptors (Lipinski definition) is 5. The highest BCUT2D eigenvalue weighted by Crippen LogP contribution is 2.16. The van der Waals surface area contributed by atoms with E-state index in [0.29, 0.717) is 5.56 Å². The van der Waals surface area contributed by atoms with Crippen LogP contribution in [-0.2, 0) is 9.63 Å². The van der Waals surface area contributed by atoms with E-state index in [4.69, 9.17) is 10.6 Å². The normalized spacial score (nSPS) is 12.3. The van der Waals surface area contributed by atoms with Gasteiger partial charge in [-0.2, -0.15) is 0 Å². The number of carbonyl (C=O) groups excluding carboxylic acids is 1. The number of aromatic nitrogens is 1. The topological polar surface area (TPSA) is 77.6 Å². The van der Waals surface area contributed by atoms with E-state index in [9.17, 15) is 4.79 Å². The average molecular weight is 281 g/mol. The molecule has 0 spiro atoms. The molecule has 0 fully saturated rings. The van der Waals surface area contributed by atoms with Gasteiger partial charge < -0.3 is 10.6 Å². The van der Waals surface area contributed by atoms with E-state index >= 15 is 0 Å². The van der Waals surface area contributed by atoms with Gasteiger partial charge in [0.2, 0.25) is 0 Å². The van der Waals surface area contributed by atoms with Crippen molar-refractivity contribution in [3.63, 3.8) is 0 Å². The SMILES string of the molecule is CCSc1ccc(C(N)=NOC(=O)C(C)(C)C)cn1.